The number of benzene rings is 1. The zero-order chi connectivity index (χ0) is 27.0. The van der Waals surface area contributed by atoms with Crippen molar-refractivity contribution in [3.8, 4) is 0 Å². The third-order valence-corrected chi connectivity index (χ3v) is 8.47. The second-order valence-electron chi connectivity index (χ2n) is 10.2. The van der Waals surface area contributed by atoms with Gasteiger partial charge in [0.15, 0.2) is 0 Å². The molecule has 0 aliphatic carbocycles. The number of carbonyl (C=O) groups excluding carboxylic acids is 3. The summed E-state index contributed by atoms with van der Waals surface area (Å²) < 4.78 is 12.2. The number of hydrogen-bond donors (Lipinski definition) is 1. The highest BCUT2D eigenvalue weighted by molar-refractivity contribution is 6.34. The van der Waals surface area contributed by atoms with Gasteiger partial charge in [0.1, 0.15) is 17.6 Å². The van der Waals surface area contributed by atoms with E-state index in [4.69, 9.17) is 21.1 Å². The zero-order valence-electron chi connectivity index (χ0n) is 21.4. The first kappa shape index (κ1) is 27.4. The number of para-hydroxylation sites is 1. The number of likely N-dealkylation sites (tertiary alicyclic amines) is 1. The molecule has 0 radical (unpaired) electrons. The van der Waals surface area contributed by atoms with Gasteiger partial charge in [-0.3, -0.25) is 14.4 Å². The zero-order valence-corrected chi connectivity index (χ0v) is 22.2. The van der Waals surface area contributed by atoms with Gasteiger partial charge >= 0.3 is 5.97 Å². The van der Waals surface area contributed by atoms with E-state index in [9.17, 15) is 19.5 Å². The van der Waals surface area contributed by atoms with Crippen molar-refractivity contribution in [1.82, 2.24) is 4.90 Å². The van der Waals surface area contributed by atoms with Gasteiger partial charge in [-0.1, -0.05) is 42.8 Å². The fourth-order valence-electron chi connectivity index (χ4n) is 6.44. The van der Waals surface area contributed by atoms with Crippen molar-refractivity contribution in [2.45, 2.75) is 50.4 Å². The van der Waals surface area contributed by atoms with Crippen molar-refractivity contribution in [3.05, 3.63) is 54.6 Å². The molecule has 3 aliphatic heterocycles. The minimum atomic E-state index is -1.21. The number of aliphatic hydroxyl groups is 1. The SMILES string of the molecule is C=CCCOC(=O)[C@H]1[C@H]2C(=O)N(CCCO)C(C(=O)N(CC=C)c3ccccc3Cl)C23CC(C)[C@]1(C)O3. The number of aliphatic hydroxyl groups excluding tert-OH is 1. The molecule has 37 heavy (non-hydrogen) atoms. The Bertz CT molecular complexity index is 1090. The third-order valence-electron chi connectivity index (χ3n) is 8.15. The smallest absolute Gasteiger partial charge is 0.312 e. The van der Waals surface area contributed by atoms with Gasteiger partial charge < -0.3 is 24.4 Å². The number of anilines is 1. The molecule has 3 heterocycles. The van der Waals surface area contributed by atoms with Crippen LogP contribution in [0.15, 0.2) is 49.6 Å². The van der Waals surface area contributed by atoms with Gasteiger partial charge in [0.05, 0.1) is 28.8 Å². The van der Waals surface area contributed by atoms with Crippen molar-refractivity contribution in [2.24, 2.45) is 17.8 Å². The maximum Gasteiger partial charge on any atom is 0.312 e. The molecule has 1 aromatic carbocycles. The van der Waals surface area contributed by atoms with Gasteiger partial charge in [0, 0.05) is 19.7 Å². The summed E-state index contributed by atoms with van der Waals surface area (Å²) in [5.74, 6) is -3.01. The maximum absolute atomic E-state index is 14.4. The van der Waals surface area contributed by atoms with Gasteiger partial charge in [-0.25, -0.2) is 0 Å². The van der Waals surface area contributed by atoms with Crippen molar-refractivity contribution >= 4 is 35.1 Å². The lowest BCUT2D eigenvalue weighted by molar-refractivity contribution is -0.161. The van der Waals surface area contributed by atoms with Gasteiger partial charge in [0.25, 0.3) is 5.91 Å². The Labute approximate surface area is 222 Å². The van der Waals surface area contributed by atoms with E-state index in [0.717, 1.165) is 0 Å². The van der Waals surface area contributed by atoms with Crippen molar-refractivity contribution in [1.29, 1.82) is 0 Å². The Morgan fingerprint density at radius 1 is 1.32 bits per heavy atom. The van der Waals surface area contributed by atoms with E-state index < -0.39 is 35.0 Å². The predicted molar refractivity (Wildman–Crippen MR) is 140 cm³/mol. The molecule has 3 fully saturated rings. The highest BCUT2D eigenvalue weighted by Crippen LogP contribution is 2.65. The Hall–Kier alpha value is -2.68. The van der Waals surface area contributed by atoms with Crippen LogP contribution in [0.1, 0.15) is 33.1 Å². The van der Waals surface area contributed by atoms with Crippen LogP contribution < -0.4 is 4.90 Å². The van der Waals surface area contributed by atoms with Crippen molar-refractivity contribution < 1.29 is 29.0 Å². The third kappa shape index (κ3) is 4.29. The first-order chi connectivity index (χ1) is 17.7. The molecule has 1 spiro atoms. The maximum atomic E-state index is 14.4. The quantitative estimate of drug-likeness (QED) is 0.268. The largest absolute Gasteiger partial charge is 0.465 e. The lowest BCUT2D eigenvalue weighted by Gasteiger charge is -2.37. The Morgan fingerprint density at radius 2 is 2.05 bits per heavy atom. The molecule has 3 saturated heterocycles. The number of fused-ring (bicyclic) bond motifs is 1. The molecule has 9 heteroatoms. The topological polar surface area (TPSA) is 96.4 Å². The Balaban J connectivity index is 1.80. The molecular weight excluding hydrogens is 496 g/mol. The number of amides is 2. The lowest BCUT2D eigenvalue weighted by Crippen LogP contribution is -2.57. The average Bonchev–Trinajstić information content (AvgIpc) is 3.38. The van der Waals surface area contributed by atoms with Crippen LogP contribution >= 0.6 is 11.6 Å². The molecule has 1 N–H and O–H groups in total. The lowest BCUT2D eigenvalue weighted by atomic mass is 9.62. The number of rotatable bonds is 11. The summed E-state index contributed by atoms with van der Waals surface area (Å²) in [7, 11) is 0. The fourth-order valence-corrected chi connectivity index (χ4v) is 6.68. The first-order valence-electron chi connectivity index (χ1n) is 12.7. The number of ether oxygens (including phenoxy) is 2. The monoisotopic (exact) mass is 530 g/mol. The molecular formula is C28H35ClN2O6. The van der Waals surface area contributed by atoms with Crippen LogP contribution in [0.5, 0.6) is 0 Å². The summed E-state index contributed by atoms with van der Waals surface area (Å²) in [6.45, 7) is 11.6. The summed E-state index contributed by atoms with van der Waals surface area (Å²) in [4.78, 5) is 44.7. The number of esters is 1. The summed E-state index contributed by atoms with van der Waals surface area (Å²) in [5.41, 5.74) is -1.67. The van der Waals surface area contributed by atoms with Crippen LogP contribution in [0.3, 0.4) is 0 Å². The highest BCUT2D eigenvalue weighted by atomic mass is 35.5. The van der Waals surface area contributed by atoms with Crippen LogP contribution in [0, 0.1) is 17.8 Å². The molecule has 3 aliphatic rings. The second-order valence-corrected chi connectivity index (χ2v) is 10.7. The molecule has 2 amide bonds. The summed E-state index contributed by atoms with van der Waals surface area (Å²) >= 11 is 6.47. The normalized spacial score (nSPS) is 31.8. The number of nitrogens with zero attached hydrogens (tertiary/aromatic N) is 2. The number of carbonyl (C=O) groups is 3. The van der Waals surface area contributed by atoms with Crippen LogP contribution in [-0.4, -0.2) is 71.3 Å². The fraction of sp³-hybridized carbons (Fsp3) is 0.536. The van der Waals surface area contributed by atoms with Gasteiger partial charge in [-0.2, -0.15) is 0 Å². The Morgan fingerprint density at radius 3 is 2.70 bits per heavy atom. The first-order valence-corrected chi connectivity index (χ1v) is 13.1. The summed E-state index contributed by atoms with van der Waals surface area (Å²) in [5, 5.41) is 9.93. The molecule has 4 rings (SSSR count). The number of hydrogen-bond acceptors (Lipinski definition) is 6. The minimum Gasteiger partial charge on any atom is -0.465 e. The molecule has 0 aromatic heterocycles. The second kappa shape index (κ2) is 10.6. The molecule has 1 aromatic rings. The van der Waals surface area contributed by atoms with E-state index >= 15 is 0 Å². The Kier molecular flexibility index (Phi) is 7.83. The average molecular weight is 531 g/mol. The van der Waals surface area contributed by atoms with Gasteiger partial charge in [-0.05, 0) is 44.2 Å². The summed E-state index contributed by atoms with van der Waals surface area (Å²) in [6.07, 6.45) is 4.47. The van der Waals surface area contributed by atoms with Crippen LogP contribution in [0.25, 0.3) is 0 Å². The molecule has 8 nitrogen and oxygen atoms in total. The molecule has 3 unspecified atom stereocenters. The molecule has 2 bridgehead atoms. The van der Waals surface area contributed by atoms with Gasteiger partial charge in [0.2, 0.25) is 5.91 Å². The van der Waals surface area contributed by atoms with E-state index in [1.54, 1.807) is 36.4 Å². The van der Waals surface area contributed by atoms with E-state index in [0.29, 0.717) is 23.6 Å². The minimum absolute atomic E-state index is 0.102. The number of halogens is 1. The molecule has 0 saturated carbocycles. The summed E-state index contributed by atoms with van der Waals surface area (Å²) in [6, 6.07) is 6.00. The van der Waals surface area contributed by atoms with E-state index in [1.807, 2.05) is 13.8 Å². The highest BCUT2D eigenvalue weighted by Gasteiger charge is 2.80. The molecule has 6 atom stereocenters. The standard InChI is InChI=1S/C28H35ClN2O6/c1-5-7-16-36-26(35)22-21-24(33)31(14-10-15-32)23(28(21)17-18(3)27(22,4)37-28)25(34)30(13-6-2)20-12-9-8-11-19(20)29/h5-6,8-9,11-12,18,21-23,32H,1-2,7,10,13-17H2,3-4H3/t18?,21-,22+,23?,27-,28?/m0/s1. The van der Waals surface area contributed by atoms with E-state index in [1.165, 1.54) is 9.80 Å². The van der Waals surface area contributed by atoms with Crippen LogP contribution in [0.2, 0.25) is 5.02 Å². The van der Waals surface area contributed by atoms with Gasteiger partial charge in [-0.15, -0.1) is 13.2 Å². The van der Waals surface area contributed by atoms with E-state index in [-0.39, 0.29) is 50.5 Å². The van der Waals surface area contributed by atoms with E-state index in [2.05, 4.69) is 13.2 Å². The molecule has 200 valence electrons. The van der Waals surface area contributed by atoms with Crippen LogP contribution in [0.4, 0.5) is 5.69 Å². The predicted octanol–water partition coefficient (Wildman–Crippen LogP) is 3.37. The van der Waals surface area contributed by atoms with Crippen molar-refractivity contribution in [2.75, 3.05) is 31.2 Å². The van der Waals surface area contributed by atoms with Crippen LogP contribution in [-0.2, 0) is 23.9 Å². The van der Waals surface area contributed by atoms with Crippen molar-refractivity contribution in [3.63, 3.8) is 0 Å².